The zero-order chi connectivity index (χ0) is 13.0. The van der Waals surface area contributed by atoms with Gasteiger partial charge in [-0.1, -0.05) is 0 Å². The van der Waals surface area contributed by atoms with Gasteiger partial charge in [0.2, 0.25) is 11.2 Å². The number of ether oxygens (including phenoxy) is 1. The number of pyridine rings is 1. The predicted molar refractivity (Wildman–Crippen MR) is 71.0 cm³/mol. The summed E-state index contributed by atoms with van der Waals surface area (Å²) in [5.74, 6) is 0.879. The van der Waals surface area contributed by atoms with Crippen molar-refractivity contribution in [2.45, 2.75) is 6.92 Å². The second-order valence-corrected chi connectivity index (χ2v) is 4.44. The van der Waals surface area contributed by atoms with Crippen LogP contribution in [0.5, 0.6) is 11.8 Å². The fourth-order valence-corrected chi connectivity index (χ4v) is 1.66. The molecule has 0 saturated carbocycles. The summed E-state index contributed by atoms with van der Waals surface area (Å²) in [5, 5.41) is 3.00. The smallest absolute Gasteiger partial charge is 0.328 e. The molecule has 0 spiro atoms. The van der Waals surface area contributed by atoms with Crippen molar-refractivity contribution in [3.05, 3.63) is 28.2 Å². The van der Waals surface area contributed by atoms with Crippen molar-refractivity contribution in [3.8, 4) is 11.8 Å². The topological polar surface area (TPSA) is 72.8 Å². The van der Waals surface area contributed by atoms with Gasteiger partial charge in [-0.05, 0) is 40.5 Å². The second kappa shape index (κ2) is 5.92. The molecule has 6 nitrogen and oxygen atoms in total. The maximum atomic E-state index is 5.78. The summed E-state index contributed by atoms with van der Waals surface area (Å²) in [6, 6.07) is 1.86. The highest BCUT2D eigenvalue weighted by Gasteiger charge is 2.07. The highest BCUT2D eigenvalue weighted by Crippen LogP contribution is 2.21. The molecule has 0 unspecified atom stereocenters. The lowest BCUT2D eigenvalue weighted by molar-refractivity contribution is 0.438. The van der Waals surface area contributed by atoms with Crippen molar-refractivity contribution < 1.29 is 4.74 Å². The molecule has 0 aromatic carbocycles. The van der Waals surface area contributed by atoms with Crippen LogP contribution in [0.2, 0.25) is 5.28 Å². The van der Waals surface area contributed by atoms with Crippen LogP contribution < -0.4 is 10.1 Å². The van der Waals surface area contributed by atoms with Gasteiger partial charge < -0.3 is 10.1 Å². The van der Waals surface area contributed by atoms with Crippen molar-refractivity contribution >= 4 is 33.5 Å². The van der Waals surface area contributed by atoms with Gasteiger partial charge in [-0.3, -0.25) is 4.98 Å². The van der Waals surface area contributed by atoms with Gasteiger partial charge in [0, 0.05) is 17.2 Å². The summed E-state index contributed by atoms with van der Waals surface area (Å²) in [4.78, 5) is 15.8. The summed E-state index contributed by atoms with van der Waals surface area (Å²) >= 11 is 9.07. The quantitative estimate of drug-likeness (QED) is 0.929. The average molecular weight is 331 g/mol. The van der Waals surface area contributed by atoms with Gasteiger partial charge in [-0.2, -0.15) is 15.0 Å². The standard InChI is InChI=1S/C10H9BrClN5O/c1-2-14-9-15-8(12)16-10(17-9)18-7-3-6(11)4-13-5-7/h3-5H,2H2,1H3,(H,14,15,16,17). The van der Waals surface area contributed by atoms with Crippen LogP contribution in [0.3, 0.4) is 0 Å². The fraction of sp³-hybridized carbons (Fsp3) is 0.200. The Kier molecular flexibility index (Phi) is 4.27. The minimum absolute atomic E-state index is 0.0684. The van der Waals surface area contributed by atoms with Crippen LogP contribution in [-0.4, -0.2) is 26.5 Å². The van der Waals surface area contributed by atoms with Crippen LogP contribution in [0.1, 0.15) is 6.92 Å². The monoisotopic (exact) mass is 329 g/mol. The average Bonchev–Trinajstić information content (AvgIpc) is 2.28. The van der Waals surface area contributed by atoms with Gasteiger partial charge >= 0.3 is 6.01 Å². The molecule has 0 aliphatic carbocycles. The molecule has 2 aromatic rings. The van der Waals surface area contributed by atoms with Gasteiger partial charge in [0.05, 0.1) is 6.20 Å². The van der Waals surface area contributed by atoms with Crippen LogP contribution in [0.4, 0.5) is 5.95 Å². The lowest BCUT2D eigenvalue weighted by Crippen LogP contribution is -2.04. The van der Waals surface area contributed by atoms with E-state index in [2.05, 4.69) is 41.2 Å². The lowest BCUT2D eigenvalue weighted by Gasteiger charge is -2.06. The summed E-state index contributed by atoms with van der Waals surface area (Å²) in [5.41, 5.74) is 0. The summed E-state index contributed by atoms with van der Waals surface area (Å²) in [6.07, 6.45) is 3.20. The van der Waals surface area contributed by atoms with Crippen molar-refractivity contribution in [1.29, 1.82) is 0 Å². The molecule has 1 N–H and O–H groups in total. The number of hydrogen-bond acceptors (Lipinski definition) is 6. The maximum Gasteiger partial charge on any atom is 0.328 e. The first-order valence-corrected chi connectivity index (χ1v) is 6.28. The second-order valence-electron chi connectivity index (χ2n) is 3.18. The third kappa shape index (κ3) is 3.51. The highest BCUT2D eigenvalue weighted by atomic mass is 79.9. The van der Waals surface area contributed by atoms with Gasteiger partial charge in [0.15, 0.2) is 5.75 Å². The molecule has 0 fully saturated rings. The van der Waals surface area contributed by atoms with Crippen LogP contribution in [-0.2, 0) is 0 Å². The van der Waals surface area contributed by atoms with E-state index in [1.807, 2.05) is 6.92 Å². The van der Waals surface area contributed by atoms with Gasteiger partial charge in [0.1, 0.15) is 0 Å². The molecule has 0 atom stereocenters. The van der Waals surface area contributed by atoms with E-state index in [0.717, 1.165) is 4.47 Å². The van der Waals surface area contributed by atoms with E-state index in [1.165, 1.54) is 0 Å². The number of aromatic nitrogens is 4. The van der Waals surface area contributed by atoms with E-state index >= 15 is 0 Å². The molecule has 0 amide bonds. The van der Waals surface area contributed by atoms with E-state index in [4.69, 9.17) is 16.3 Å². The van der Waals surface area contributed by atoms with Crippen LogP contribution in [0.15, 0.2) is 22.9 Å². The number of anilines is 1. The zero-order valence-electron chi connectivity index (χ0n) is 9.39. The molecule has 2 rings (SSSR count). The van der Waals surface area contributed by atoms with Gasteiger partial charge in [-0.15, -0.1) is 0 Å². The summed E-state index contributed by atoms with van der Waals surface area (Å²) in [6.45, 7) is 2.61. The number of halogens is 2. The van der Waals surface area contributed by atoms with Crippen molar-refractivity contribution in [3.63, 3.8) is 0 Å². The number of hydrogen-bond donors (Lipinski definition) is 1. The van der Waals surface area contributed by atoms with Gasteiger partial charge in [0.25, 0.3) is 0 Å². The Morgan fingerprint density at radius 3 is 2.89 bits per heavy atom. The van der Waals surface area contributed by atoms with E-state index in [-0.39, 0.29) is 11.3 Å². The highest BCUT2D eigenvalue weighted by molar-refractivity contribution is 9.10. The van der Waals surface area contributed by atoms with Crippen molar-refractivity contribution in [2.24, 2.45) is 0 Å². The number of nitrogens with zero attached hydrogens (tertiary/aromatic N) is 4. The van der Waals surface area contributed by atoms with E-state index in [9.17, 15) is 0 Å². The van der Waals surface area contributed by atoms with Crippen LogP contribution in [0, 0.1) is 0 Å². The Balaban J connectivity index is 2.23. The number of rotatable bonds is 4. The minimum Gasteiger partial charge on any atom is -0.422 e. The maximum absolute atomic E-state index is 5.78. The molecule has 18 heavy (non-hydrogen) atoms. The third-order valence-electron chi connectivity index (χ3n) is 1.81. The Bertz CT molecular complexity index is 554. The molecule has 94 valence electrons. The SMILES string of the molecule is CCNc1nc(Cl)nc(Oc2cncc(Br)c2)n1. The number of nitrogens with one attached hydrogen (secondary N) is 1. The van der Waals surface area contributed by atoms with E-state index < -0.39 is 0 Å². The Morgan fingerprint density at radius 1 is 1.33 bits per heavy atom. The van der Waals surface area contributed by atoms with Crippen molar-refractivity contribution in [2.75, 3.05) is 11.9 Å². The normalized spacial score (nSPS) is 10.2. The molecule has 8 heteroatoms. The molecule has 0 aliphatic heterocycles. The predicted octanol–water partition coefficient (Wildman–Crippen LogP) is 2.91. The Labute approximate surface area is 117 Å². The molecule has 0 radical (unpaired) electrons. The van der Waals surface area contributed by atoms with Crippen LogP contribution in [0.25, 0.3) is 0 Å². The largest absolute Gasteiger partial charge is 0.422 e. The lowest BCUT2D eigenvalue weighted by atomic mass is 10.5. The first kappa shape index (κ1) is 13.0. The van der Waals surface area contributed by atoms with E-state index in [1.54, 1.807) is 18.5 Å². The van der Waals surface area contributed by atoms with Gasteiger partial charge in [-0.25, -0.2) is 0 Å². The molecular weight excluding hydrogens is 322 g/mol. The molecule has 0 saturated heterocycles. The van der Waals surface area contributed by atoms with E-state index in [0.29, 0.717) is 18.2 Å². The first-order valence-electron chi connectivity index (χ1n) is 5.11. The first-order chi connectivity index (χ1) is 8.67. The molecular formula is C10H9BrClN5O. The molecule has 2 heterocycles. The Morgan fingerprint density at radius 2 is 2.17 bits per heavy atom. The van der Waals surface area contributed by atoms with Crippen molar-refractivity contribution in [1.82, 2.24) is 19.9 Å². The van der Waals surface area contributed by atoms with Crippen LogP contribution >= 0.6 is 27.5 Å². The summed E-state index contributed by atoms with van der Waals surface area (Å²) in [7, 11) is 0. The zero-order valence-corrected chi connectivity index (χ0v) is 11.7. The fourth-order valence-electron chi connectivity index (χ4n) is 1.17. The Hall–Kier alpha value is -1.47. The summed E-state index contributed by atoms with van der Waals surface area (Å²) < 4.78 is 6.25. The minimum atomic E-state index is 0.0684. The molecule has 0 bridgehead atoms. The molecule has 2 aromatic heterocycles. The third-order valence-corrected chi connectivity index (χ3v) is 2.41. The molecule has 0 aliphatic rings.